The van der Waals surface area contributed by atoms with Gasteiger partial charge in [-0.05, 0) is 57.0 Å². The number of carbonyl (C=O) groups excluding carboxylic acids is 1. The zero-order chi connectivity index (χ0) is 20.0. The van der Waals surface area contributed by atoms with E-state index in [2.05, 4.69) is 5.32 Å². The van der Waals surface area contributed by atoms with Crippen molar-refractivity contribution in [1.29, 1.82) is 0 Å². The molecule has 0 atom stereocenters. The molecule has 27 heavy (non-hydrogen) atoms. The van der Waals surface area contributed by atoms with Gasteiger partial charge >= 0.3 is 12.1 Å². The summed E-state index contributed by atoms with van der Waals surface area (Å²) in [5.74, 6) is -0.600. The van der Waals surface area contributed by atoms with Gasteiger partial charge in [0.15, 0.2) is 0 Å². The average Bonchev–Trinajstić information content (AvgIpc) is 2.57. The van der Waals surface area contributed by atoms with Crippen LogP contribution in [0.1, 0.15) is 36.7 Å². The van der Waals surface area contributed by atoms with Crippen LogP contribution in [0.25, 0.3) is 11.1 Å². The third-order valence-corrected chi connectivity index (χ3v) is 3.58. The summed E-state index contributed by atoms with van der Waals surface area (Å²) in [4.78, 5) is 23.0. The number of rotatable bonds is 6. The summed E-state index contributed by atoms with van der Waals surface area (Å²) < 4.78 is 10.8. The Bertz CT molecular complexity index is 806. The Morgan fingerprint density at radius 2 is 1.70 bits per heavy atom. The number of carboxylic acid groups (broad SMARTS) is 1. The molecular formula is C21H25NO5. The average molecular weight is 371 g/mol. The van der Waals surface area contributed by atoms with Crippen molar-refractivity contribution in [2.45, 2.75) is 33.3 Å². The maximum Gasteiger partial charge on any atom is 0.407 e. The summed E-state index contributed by atoms with van der Waals surface area (Å²) in [6, 6.07) is 12.7. The Balaban J connectivity index is 2.04. The lowest BCUT2D eigenvalue weighted by Gasteiger charge is -2.19. The molecule has 0 aliphatic heterocycles. The van der Waals surface area contributed by atoms with Crippen LogP contribution in [0, 0.1) is 6.92 Å². The SMILES string of the molecule is Cc1ccc(-c2cc(OCCNC(=O)OC(C)(C)C)cc(C(=O)O)c2)cc1. The van der Waals surface area contributed by atoms with E-state index < -0.39 is 17.7 Å². The van der Waals surface area contributed by atoms with Crippen LogP contribution in [0.15, 0.2) is 42.5 Å². The molecular weight excluding hydrogens is 346 g/mol. The molecule has 2 N–H and O–H groups in total. The molecule has 2 aromatic carbocycles. The molecule has 0 bridgehead atoms. The number of benzene rings is 2. The lowest BCUT2D eigenvalue weighted by Crippen LogP contribution is -2.34. The number of ether oxygens (including phenoxy) is 2. The first-order valence-corrected chi connectivity index (χ1v) is 8.69. The number of hydrogen-bond acceptors (Lipinski definition) is 4. The van der Waals surface area contributed by atoms with Crippen molar-refractivity contribution in [3.8, 4) is 16.9 Å². The number of aryl methyl sites for hydroxylation is 1. The maximum absolute atomic E-state index is 11.6. The van der Waals surface area contributed by atoms with Gasteiger partial charge in [-0.25, -0.2) is 9.59 Å². The van der Waals surface area contributed by atoms with Gasteiger partial charge in [-0.3, -0.25) is 0 Å². The lowest BCUT2D eigenvalue weighted by molar-refractivity contribution is 0.0520. The van der Waals surface area contributed by atoms with Crippen LogP contribution in [-0.4, -0.2) is 35.9 Å². The first kappa shape index (κ1) is 20.3. The van der Waals surface area contributed by atoms with Crippen molar-refractivity contribution < 1.29 is 24.2 Å². The first-order chi connectivity index (χ1) is 12.6. The molecule has 0 aliphatic carbocycles. The molecule has 0 saturated heterocycles. The second-order valence-electron chi connectivity index (χ2n) is 7.19. The second-order valence-corrected chi connectivity index (χ2v) is 7.19. The van der Waals surface area contributed by atoms with E-state index in [9.17, 15) is 14.7 Å². The van der Waals surface area contributed by atoms with Crippen molar-refractivity contribution >= 4 is 12.1 Å². The van der Waals surface area contributed by atoms with Crippen molar-refractivity contribution in [1.82, 2.24) is 5.32 Å². The van der Waals surface area contributed by atoms with E-state index in [0.717, 1.165) is 16.7 Å². The minimum absolute atomic E-state index is 0.142. The fraction of sp³-hybridized carbons (Fsp3) is 0.333. The monoisotopic (exact) mass is 371 g/mol. The van der Waals surface area contributed by atoms with E-state index in [-0.39, 0.29) is 18.7 Å². The van der Waals surface area contributed by atoms with Gasteiger partial charge in [0.05, 0.1) is 12.1 Å². The number of nitrogens with one attached hydrogen (secondary N) is 1. The fourth-order valence-corrected chi connectivity index (χ4v) is 2.35. The summed E-state index contributed by atoms with van der Waals surface area (Å²) >= 11 is 0. The molecule has 0 spiro atoms. The standard InChI is InChI=1S/C21H25NO5/c1-14-5-7-15(8-6-14)16-11-17(19(23)24)13-18(12-16)26-10-9-22-20(25)27-21(2,3)4/h5-8,11-13H,9-10H2,1-4H3,(H,22,25)(H,23,24). The number of aromatic carboxylic acids is 1. The molecule has 144 valence electrons. The molecule has 6 heteroatoms. The predicted octanol–water partition coefficient (Wildman–Crippen LogP) is 4.26. The van der Waals surface area contributed by atoms with Crippen molar-refractivity contribution in [3.05, 3.63) is 53.6 Å². The Labute approximate surface area is 159 Å². The van der Waals surface area contributed by atoms with E-state index in [1.165, 1.54) is 6.07 Å². The van der Waals surface area contributed by atoms with Gasteiger partial charge in [0.1, 0.15) is 18.0 Å². The van der Waals surface area contributed by atoms with Gasteiger partial charge < -0.3 is 19.9 Å². The van der Waals surface area contributed by atoms with Gasteiger partial charge in [0, 0.05) is 0 Å². The number of carbonyl (C=O) groups is 2. The van der Waals surface area contributed by atoms with Gasteiger partial charge in [0.2, 0.25) is 0 Å². The molecule has 0 unspecified atom stereocenters. The normalized spacial score (nSPS) is 11.0. The third-order valence-electron chi connectivity index (χ3n) is 3.58. The molecule has 2 aromatic rings. The van der Waals surface area contributed by atoms with Crippen LogP contribution in [0.4, 0.5) is 4.79 Å². The molecule has 0 saturated carbocycles. The highest BCUT2D eigenvalue weighted by atomic mass is 16.6. The number of carboxylic acids is 1. The number of alkyl carbamates (subject to hydrolysis) is 1. The molecule has 6 nitrogen and oxygen atoms in total. The zero-order valence-corrected chi connectivity index (χ0v) is 16.0. The molecule has 2 rings (SSSR count). The van der Waals surface area contributed by atoms with Gasteiger partial charge in [-0.1, -0.05) is 29.8 Å². The van der Waals surface area contributed by atoms with E-state index in [1.54, 1.807) is 32.9 Å². The second kappa shape index (κ2) is 8.58. The largest absolute Gasteiger partial charge is 0.492 e. The highest BCUT2D eigenvalue weighted by molar-refractivity contribution is 5.90. The van der Waals surface area contributed by atoms with Crippen LogP contribution in [0.3, 0.4) is 0 Å². The van der Waals surface area contributed by atoms with Crippen molar-refractivity contribution in [3.63, 3.8) is 0 Å². The minimum atomic E-state index is -1.03. The van der Waals surface area contributed by atoms with E-state index in [4.69, 9.17) is 9.47 Å². The third kappa shape index (κ3) is 6.66. The van der Waals surface area contributed by atoms with Crippen molar-refractivity contribution in [2.24, 2.45) is 0 Å². The fourth-order valence-electron chi connectivity index (χ4n) is 2.35. The molecule has 0 fully saturated rings. The van der Waals surface area contributed by atoms with E-state index >= 15 is 0 Å². The quantitative estimate of drug-likeness (QED) is 0.741. The summed E-state index contributed by atoms with van der Waals surface area (Å²) in [6.45, 7) is 7.78. The summed E-state index contributed by atoms with van der Waals surface area (Å²) in [6.07, 6.45) is -0.522. The zero-order valence-electron chi connectivity index (χ0n) is 16.0. The molecule has 0 aromatic heterocycles. The van der Waals surface area contributed by atoms with Gasteiger partial charge in [-0.15, -0.1) is 0 Å². The highest BCUT2D eigenvalue weighted by Gasteiger charge is 2.15. The Hall–Kier alpha value is -3.02. The lowest BCUT2D eigenvalue weighted by atomic mass is 10.0. The van der Waals surface area contributed by atoms with Crippen LogP contribution < -0.4 is 10.1 Å². The first-order valence-electron chi connectivity index (χ1n) is 8.69. The van der Waals surface area contributed by atoms with E-state index in [0.29, 0.717) is 5.75 Å². The predicted molar refractivity (Wildman–Crippen MR) is 103 cm³/mol. The molecule has 0 heterocycles. The summed E-state index contributed by atoms with van der Waals surface area (Å²) in [5.41, 5.74) is 2.36. The van der Waals surface area contributed by atoms with Crippen molar-refractivity contribution in [2.75, 3.05) is 13.2 Å². The number of hydrogen-bond donors (Lipinski definition) is 2. The van der Waals surface area contributed by atoms with Crippen LogP contribution in [0.5, 0.6) is 5.75 Å². The van der Waals surface area contributed by atoms with Gasteiger partial charge in [0.25, 0.3) is 0 Å². The number of amides is 1. The van der Waals surface area contributed by atoms with Crippen LogP contribution in [-0.2, 0) is 4.74 Å². The van der Waals surface area contributed by atoms with Crippen LogP contribution in [0.2, 0.25) is 0 Å². The Kier molecular flexibility index (Phi) is 6.45. The molecule has 1 amide bonds. The smallest absolute Gasteiger partial charge is 0.407 e. The highest BCUT2D eigenvalue weighted by Crippen LogP contribution is 2.26. The van der Waals surface area contributed by atoms with Crippen LogP contribution >= 0.6 is 0 Å². The summed E-state index contributed by atoms with van der Waals surface area (Å²) in [7, 11) is 0. The van der Waals surface area contributed by atoms with E-state index in [1.807, 2.05) is 31.2 Å². The topological polar surface area (TPSA) is 84.9 Å². The molecule has 0 radical (unpaired) electrons. The molecule has 0 aliphatic rings. The van der Waals surface area contributed by atoms with Gasteiger partial charge in [-0.2, -0.15) is 0 Å². The Morgan fingerprint density at radius 3 is 2.30 bits per heavy atom. The minimum Gasteiger partial charge on any atom is -0.492 e. The Morgan fingerprint density at radius 1 is 1.04 bits per heavy atom. The maximum atomic E-state index is 11.6. The summed E-state index contributed by atoms with van der Waals surface area (Å²) in [5, 5.41) is 11.9.